The molecule has 0 saturated carbocycles. The molecule has 1 atom stereocenters. The number of hydrogen-bond donors (Lipinski definition) is 2. The van der Waals surface area contributed by atoms with Crippen LogP contribution in [0.25, 0.3) is 0 Å². The van der Waals surface area contributed by atoms with Crippen molar-refractivity contribution in [2.24, 2.45) is 4.99 Å². The van der Waals surface area contributed by atoms with Gasteiger partial charge in [0.05, 0.1) is 0 Å². The third-order valence-corrected chi connectivity index (χ3v) is 4.38. The van der Waals surface area contributed by atoms with Crippen LogP contribution in [0.15, 0.2) is 21.8 Å². The van der Waals surface area contributed by atoms with Crippen LogP contribution in [0.4, 0.5) is 0 Å². The van der Waals surface area contributed by atoms with Gasteiger partial charge in [-0.3, -0.25) is 4.99 Å². The van der Waals surface area contributed by atoms with Crippen molar-refractivity contribution in [3.8, 4) is 0 Å². The number of rotatable bonds is 8. The first-order valence-corrected chi connectivity index (χ1v) is 9.07. The zero-order valence-electron chi connectivity index (χ0n) is 12.5. The quantitative estimate of drug-likeness (QED) is 0.287. The molecule has 0 aliphatic heterocycles. The monoisotopic (exact) mass is 427 g/mol. The van der Waals surface area contributed by atoms with Gasteiger partial charge in [-0.1, -0.05) is 6.92 Å². The predicted octanol–water partition coefficient (Wildman–Crippen LogP) is 3.78. The van der Waals surface area contributed by atoms with E-state index >= 15 is 0 Å². The van der Waals surface area contributed by atoms with Gasteiger partial charge in [-0.2, -0.15) is 23.1 Å². The van der Waals surface area contributed by atoms with E-state index in [1.807, 2.05) is 18.8 Å². The molecule has 0 saturated heterocycles. The third kappa shape index (κ3) is 8.36. The molecule has 1 heterocycles. The van der Waals surface area contributed by atoms with Crippen molar-refractivity contribution in [1.82, 2.24) is 10.6 Å². The van der Waals surface area contributed by atoms with Crippen LogP contribution in [-0.4, -0.2) is 38.1 Å². The Morgan fingerprint density at radius 3 is 2.80 bits per heavy atom. The van der Waals surface area contributed by atoms with E-state index in [1.54, 1.807) is 11.3 Å². The second kappa shape index (κ2) is 12.8. The van der Waals surface area contributed by atoms with Crippen LogP contribution in [0.2, 0.25) is 0 Å². The average Bonchev–Trinajstić information content (AvgIpc) is 2.95. The summed E-state index contributed by atoms with van der Waals surface area (Å²) in [5.74, 6) is 2.66. The smallest absolute Gasteiger partial charge is 0.190 e. The summed E-state index contributed by atoms with van der Waals surface area (Å²) in [6, 6.07) is 2.19. The zero-order chi connectivity index (χ0) is 13.9. The molecule has 2 N–H and O–H groups in total. The first-order valence-electron chi connectivity index (χ1n) is 6.73. The minimum absolute atomic E-state index is 0. The molecular weight excluding hydrogens is 401 g/mol. The van der Waals surface area contributed by atoms with Crippen molar-refractivity contribution in [3.63, 3.8) is 0 Å². The Bertz CT molecular complexity index is 355. The van der Waals surface area contributed by atoms with E-state index in [4.69, 9.17) is 0 Å². The molecule has 0 aromatic carbocycles. The van der Waals surface area contributed by atoms with Gasteiger partial charge in [0.2, 0.25) is 0 Å². The zero-order valence-corrected chi connectivity index (χ0v) is 16.5. The number of unbranched alkanes of at least 4 members (excludes halogenated alkanes) is 1. The molecule has 0 fully saturated rings. The number of thioether (sulfide) groups is 1. The number of thiophene rings is 1. The molecule has 1 aromatic rings. The van der Waals surface area contributed by atoms with E-state index in [9.17, 15) is 0 Å². The Morgan fingerprint density at radius 2 is 2.20 bits per heavy atom. The van der Waals surface area contributed by atoms with Crippen LogP contribution in [-0.2, 0) is 0 Å². The van der Waals surface area contributed by atoms with Gasteiger partial charge in [0.25, 0.3) is 0 Å². The largest absolute Gasteiger partial charge is 0.356 e. The van der Waals surface area contributed by atoms with E-state index in [0.29, 0.717) is 5.92 Å². The molecule has 0 radical (unpaired) electrons. The van der Waals surface area contributed by atoms with Gasteiger partial charge >= 0.3 is 0 Å². The van der Waals surface area contributed by atoms with Crippen molar-refractivity contribution >= 4 is 53.0 Å². The lowest BCUT2D eigenvalue weighted by atomic mass is 10.1. The Morgan fingerprint density at radius 1 is 1.40 bits per heavy atom. The summed E-state index contributed by atoms with van der Waals surface area (Å²) in [7, 11) is 1.83. The summed E-state index contributed by atoms with van der Waals surface area (Å²) in [4.78, 5) is 4.25. The lowest BCUT2D eigenvalue weighted by molar-refractivity contribution is 0.687. The van der Waals surface area contributed by atoms with Gasteiger partial charge in [0.15, 0.2) is 5.96 Å². The SMILES string of the molecule is CN=C(NCCCCSC)NCC(C)c1ccsc1.I. The molecule has 0 amide bonds. The fourth-order valence-electron chi connectivity index (χ4n) is 1.72. The molecule has 116 valence electrons. The van der Waals surface area contributed by atoms with Crippen molar-refractivity contribution in [2.75, 3.05) is 32.1 Å². The molecule has 0 aliphatic rings. The summed E-state index contributed by atoms with van der Waals surface area (Å²) in [5.41, 5.74) is 1.40. The normalized spacial score (nSPS) is 12.7. The van der Waals surface area contributed by atoms with E-state index in [2.05, 4.69) is 45.6 Å². The van der Waals surface area contributed by atoms with Gasteiger partial charge in [-0.15, -0.1) is 24.0 Å². The lowest BCUT2D eigenvalue weighted by Gasteiger charge is -2.15. The lowest BCUT2D eigenvalue weighted by Crippen LogP contribution is -2.39. The van der Waals surface area contributed by atoms with E-state index in [-0.39, 0.29) is 24.0 Å². The van der Waals surface area contributed by atoms with Crippen molar-refractivity contribution in [3.05, 3.63) is 22.4 Å². The number of halogens is 1. The summed E-state index contributed by atoms with van der Waals surface area (Å²) in [6.07, 6.45) is 4.61. The molecule has 3 nitrogen and oxygen atoms in total. The fourth-order valence-corrected chi connectivity index (χ4v) is 3.00. The third-order valence-electron chi connectivity index (χ3n) is 2.98. The van der Waals surface area contributed by atoms with Gasteiger partial charge in [-0.25, -0.2) is 0 Å². The highest BCUT2D eigenvalue weighted by molar-refractivity contribution is 14.0. The summed E-state index contributed by atoms with van der Waals surface area (Å²) in [5, 5.41) is 11.1. The van der Waals surface area contributed by atoms with Gasteiger partial charge in [0.1, 0.15) is 0 Å². The maximum Gasteiger partial charge on any atom is 0.190 e. The van der Waals surface area contributed by atoms with Crippen LogP contribution >= 0.6 is 47.1 Å². The van der Waals surface area contributed by atoms with Gasteiger partial charge < -0.3 is 10.6 Å². The molecule has 0 aliphatic carbocycles. The van der Waals surface area contributed by atoms with Crippen molar-refractivity contribution in [1.29, 1.82) is 0 Å². The highest BCUT2D eigenvalue weighted by Gasteiger charge is 2.06. The van der Waals surface area contributed by atoms with Crippen LogP contribution in [0.1, 0.15) is 31.2 Å². The molecular formula is C14H26IN3S2. The topological polar surface area (TPSA) is 36.4 Å². The maximum atomic E-state index is 4.25. The Kier molecular flexibility index (Phi) is 12.8. The second-order valence-corrected chi connectivity index (χ2v) is 6.30. The van der Waals surface area contributed by atoms with Crippen LogP contribution < -0.4 is 10.6 Å². The second-order valence-electron chi connectivity index (χ2n) is 4.54. The van der Waals surface area contributed by atoms with Crippen LogP contribution in [0.5, 0.6) is 0 Å². The molecule has 0 spiro atoms. The number of hydrogen-bond acceptors (Lipinski definition) is 3. The predicted molar refractivity (Wildman–Crippen MR) is 105 cm³/mol. The van der Waals surface area contributed by atoms with E-state index < -0.39 is 0 Å². The highest BCUT2D eigenvalue weighted by Crippen LogP contribution is 2.16. The minimum Gasteiger partial charge on any atom is -0.356 e. The summed E-state index contributed by atoms with van der Waals surface area (Å²) in [6.45, 7) is 4.15. The first-order chi connectivity index (χ1) is 9.27. The molecule has 0 bridgehead atoms. The Balaban J connectivity index is 0.00000361. The van der Waals surface area contributed by atoms with Gasteiger partial charge in [0, 0.05) is 20.1 Å². The summed E-state index contributed by atoms with van der Waals surface area (Å²) >= 11 is 3.66. The number of aliphatic imine (C=N–C) groups is 1. The Labute approximate surface area is 148 Å². The first kappa shape index (κ1) is 20.1. The molecule has 1 aromatic heterocycles. The maximum absolute atomic E-state index is 4.25. The molecule has 1 rings (SSSR count). The molecule has 1 unspecified atom stereocenters. The van der Waals surface area contributed by atoms with E-state index in [1.165, 1.54) is 24.2 Å². The average molecular weight is 427 g/mol. The van der Waals surface area contributed by atoms with Crippen molar-refractivity contribution < 1.29 is 0 Å². The highest BCUT2D eigenvalue weighted by atomic mass is 127. The molecule has 20 heavy (non-hydrogen) atoms. The standard InChI is InChI=1S/C14H25N3S2.HI/c1-12(13-6-9-19-11-13)10-17-14(15-2)16-7-4-5-8-18-3;/h6,9,11-12H,4-5,7-8,10H2,1-3H3,(H2,15,16,17);1H. The van der Waals surface area contributed by atoms with Gasteiger partial charge in [-0.05, 0) is 53.2 Å². The Hall–Kier alpha value is 0.0500. The fraction of sp³-hybridized carbons (Fsp3) is 0.643. The van der Waals surface area contributed by atoms with Crippen LogP contribution in [0.3, 0.4) is 0 Å². The number of nitrogens with zero attached hydrogens (tertiary/aromatic N) is 1. The van der Waals surface area contributed by atoms with E-state index in [0.717, 1.165) is 19.0 Å². The number of guanidine groups is 1. The summed E-state index contributed by atoms with van der Waals surface area (Å²) < 4.78 is 0. The number of nitrogens with one attached hydrogen (secondary N) is 2. The van der Waals surface area contributed by atoms with Crippen molar-refractivity contribution in [2.45, 2.75) is 25.7 Å². The minimum atomic E-state index is 0. The van der Waals surface area contributed by atoms with Crippen LogP contribution in [0, 0.1) is 0 Å². The molecule has 6 heteroatoms.